The van der Waals surface area contributed by atoms with Gasteiger partial charge in [-0.2, -0.15) is 0 Å². The van der Waals surface area contributed by atoms with Gasteiger partial charge in [-0.25, -0.2) is 0 Å². The topological polar surface area (TPSA) is 26.0 Å². The van der Waals surface area contributed by atoms with Crippen molar-refractivity contribution < 1.29 is 0 Å². The average molecular weight is 272 g/mol. The molecule has 0 radical (unpaired) electrons. The first-order valence-corrected chi connectivity index (χ1v) is 7.70. The predicted molar refractivity (Wildman–Crippen MR) is 79.1 cm³/mol. The monoisotopic (exact) mass is 271 g/mol. The summed E-state index contributed by atoms with van der Waals surface area (Å²) in [5.74, 6) is 1.17. The number of nitrogens with two attached hydrogens (primary N) is 1. The molecule has 0 aliphatic carbocycles. The molecule has 0 fully saturated rings. The molecule has 1 unspecified atom stereocenters. The lowest BCUT2D eigenvalue weighted by Gasteiger charge is -2.13. The lowest BCUT2D eigenvalue weighted by atomic mass is 10.0. The zero-order valence-corrected chi connectivity index (χ0v) is 12.3. The van der Waals surface area contributed by atoms with Crippen LogP contribution in [0.5, 0.6) is 0 Å². The first kappa shape index (κ1) is 14.9. The van der Waals surface area contributed by atoms with Gasteiger partial charge in [0.1, 0.15) is 0 Å². The smallest absolute Gasteiger partial charge is 0.0409 e. The number of benzene rings is 1. The minimum Gasteiger partial charge on any atom is -0.327 e. The van der Waals surface area contributed by atoms with Gasteiger partial charge >= 0.3 is 0 Å². The van der Waals surface area contributed by atoms with Crippen molar-refractivity contribution in [3.63, 3.8) is 0 Å². The van der Waals surface area contributed by atoms with E-state index in [4.69, 9.17) is 17.3 Å². The Morgan fingerprint density at radius 1 is 1.35 bits per heavy atom. The summed E-state index contributed by atoms with van der Waals surface area (Å²) in [4.78, 5) is 1.34. The van der Waals surface area contributed by atoms with Crippen molar-refractivity contribution in [1.82, 2.24) is 0 Å². The summed E-state index contributed by atoms with van der Waals surface area (Å²) in [6, 6.07) is 6.39. The van der Waals surface area contributed by atoms with Crippen molar-refractivity contribution >= 4 is 23.4 Å². The third kappa shape index (κ3) is 5.33. The van der Waals surface area contributed by atoms with E-state index in [0.29, 0.717) is 0 Å². The van der Waals surface area contributed by atoms with Gasteiger partial charge < -0.3 is 5.73 Å². The summed E-state index contributed by atoms with van der Waals surface area (Å²) in [5, 5.41) is 0.808. The Bertz CT molecular complexity index is 341. The normalized spacial score (nSPS) is 12.7. The largest absolute Gasteiger partial charge is 0.327 e. The molecule has 0 amide bonds. The molecule has 17 heavy (non-hydrogen) atoms. The Kier molecular flexibility index (Phi) is 7.02. The molecule has 0 heterocycles. The van der Waals surface area contributed by atoms with E-state index in [1.54, 1.807) is 0 Å². The van der Waals surface area contributed by atoms with Crippen LogP contribution in [0.1, 0.15) is 38.7 Å². The summed E-state index contributed by atoms with van der Waals surface area (Å²) in [7, 11) is 0. The molecule has 1 atom stereocenters. The third-order valence-corrected chi connectivity index (χ3v) is 4.22. The quantitative estimate of drug-likeness (QED) is 0.583. The summed E-state index contributed by atoms with van der Waals surface area (Å²) in [6.07, 6.45) is 4.42. The molecule has 0 spiro atoms. The van der Waals surface area contributed by atoms with E-state index >= 15 is 0 Å². The molecule has 0 aliphatic rings. The van der Waals surface area contributed by atoms with Gasteiger partial charge in [0, 0.05) is 16.0 Å². The van der Waals surface area contributed by atoms with Crippen LogP contribution in [0.15, 0.2) is 23.1 Å². The van der Waals surface area contributed by atoms with Crippen LogP contribution in [0.25, 0.3) is 0 Å². The standard InChI is InChI=1S/C14H22ClNS/c1-3-5-8-17-14-7-6-12(15)9-11(14)10-13(16)4-2/h6-7,9,13H,3-5,8,10,16H2,1-2H3. The number of halogens is 1. The first-order valence-electron chi connectivity index (χ1n) is 6.34. The number of rotatable bonds is 7. The fourth-order valence-corrected chi connectivity index (χ4v) is 2.94. The van der Waals surface area contributed by atoms with E-state index in [0.717, 1.165) is 17.9 Å². The molecule has 0 bridgehead atoms. The van der Waals surface area contributed by atoms with Crippen LogP contribution in [0.3, 0.4) is 0 Å². The van der Waals surface area contributed by atoms with E-state index in [-0.39, 0.29) is 6.04 Å². The number of hydrogen-bond donors (Lipinski definition) is 1. The summed E-state index contributed by atoms with van der Waals surface area (Å²) >= 11 is 7.97. The predicted octanol–water partition coefficient (Wildman–Crippen LogP) is 4.51. The Labute approximate surface area is 114 Å². The van der Waals surface area contributed by atoms with Crippen LogP contribution in [0, 0.1) is 0 Å². The maximum Gasteiger partial charge on any atom is 0.0409 e. The Balaban J connectivity index is 2.72. The van der Waals surface area contributed by atoms with Gasteiger partial charge in [0.05, 0.1) is 0 Å². The second-order valence-corrected chi connectivity index (χ2v) is 5.90. The van der Waals surface area contributed by atoms with Crippen molar-refractivity contribution in [2.75, 3.05) is 5.75 Å². The average Bonchev–Trinajstić information content (AvgIpc) is 2.32. The van der Waals surface area contributed by atoms with Crippen LogP contribution in [-0.4, -0.2) is 11.8 Å². The zero-order chi connectivity index (χ0) is 12.7. The lowest BCUT2D eigenvalue weighted by molar-refractivity contribution is 0.641. The molecule has 0 aromatic heterocycles. The number of thioether (sulfide) groups is 1. The lowest BCUT2D eigenvalue weighted by Crippen LogP contribution is -2.21. The van der Waals surface area contributed by atoms with Crippen LogP contribution in [-0.2, 0) is 6.42 Å². The molecule has 1 aromatic carbocycles. The first-order chi connectivity index (χ1) is 8.17. The van der Waals surface area contributed by atoms with Crippen molar-refractivity contribution in [3.05, 3.63) is 28.8 Å². The molecule has 0 aliphatic heterocycles. The van der Waals surface area contributed by atoms with E-state index in [1.807, 2.05) is 17.8 Å². The molecule has 3 heteroatoms. The van der Waals surface area contributed by atoms with Gasteiger partial charge in [0.2, 0.25) is 0 Å². The molecular formula is C14H22ClNS. The molecular weight excluding hydrogens is 250 g/mol. The van der Waals surface area contributed by atoms with Crippen LogP contribution in [0.2, 0.25) is 5.02 Å². The number of unbranched alkanes of at least 4 members (excludes halogenated alkanes) is 1. The fraction of sp³-hybridized carbons (Fsp3) is 0.571. The Hall–Kier alpha value is -0.180. The molecule has 2 N–H and O–H groups in total. The van der Waals surface area contributed by atoms with E-state index in [1.165, 1.54) is 29.1 Å². The van der Waals surface area contributed by atoms with Gasteiger partial charge in [0.15, 0.2) is 0 Å². The zero-order valence-electron chi connectivity index (χ0n) is 10.7. The van der Waals surface area contributed by atoms with Crippen molar-refractivity contribution in [3.8, 4) is 0 Å². The second-order valence-electron chi connectivity index (χ2n) is 4.33. The highest BCUT2D eigenvalue weighted by Gasteiger charge is 2.08. The molecule has 0 saturated carbocycles. The minimum atomic E-state index is 0.235. The summed E-state index contributed by atoms with van der Waals surface area (Å²) < 4.78 is 0. The van der Waals surface area contributed by atoms with Gasteiger partial charge in [-0.1, -0.05) is 31.9 Å². The maximum atomic E-state index is 6.05. The second kappa shape index (κ2) is 8.02. The van der Waals surface area contributed by atoms with Crippen molar-refractivity contribution in [2.24, 2.45) is 5.73 Å². The Morgan fingerprint density at radius 3 is 2.76 bits per heavy atom. The molecule has 96 valence electrons. The van der Waals surface area contributed by atoms with E-state index < -0.39 is 0 Å². The highest BCUT2D eigenvalue weighted by Crippen LogP contribution is 2.27. The van der Waals surface area contributed by atoms with Crippen LogP contribution in [0.4, 0.5) is 0 Å². The van der Waals surface area contributed by atoms with Crippen molar-refractivity contribution in [1.29, 1.82) is 0 Å². The highest BCUT2D eigenvalue weighted by atomic mass is 35.5. The maximum absolute atomic E-state index is 6.05. The molecule has 1 nitrogen and oxygen atoms in total. The third-order valence-electron chi connectivity index (χ3n) is 2.78. The SMILES string of the molecule is CCCCSc1ccc(Cl)cc1CC(N)CC. The fourth-order valence-electron chi connectivity index (χ4n) is 1.60. The molecule has 0 saturated heterocycles. The van der Waals surface area contributed by atoms with Gasteiger partial charge in [-0.05, 0) is 48.8 Å². The van der Waals surface area contributed by atoms with Crippen LogP contribution >= 0.6 is 23.4 Å². The van der Waals surface area contributed by atoms with Crippen molar-refractivity contribution in [2.45, 2.75) is 50.5 Å². The number of hydrogen-bond acceptors (Lipinski definition) is 2. The Morgan fingerprint density at radius 2 is 2.12 bits per heavy atom. The van der Waals surface area contributed by atoms with Crippen LogP contribution < -0.4 is 5.73 Å². The molecule has 1 rings (SSSR count). The minimum absolute atomic E-state index is 0.235. The van der Waals surface area contributed by atoms with Gasteiger partial charge in [0.25, 0.3) is 0 Å². The highest BCUT2D eigenvalue weighted by molar-refractivity contribution is 7.99. The molecule has 1 aromatic rings. The van der Waals surface area contributed by atoms with Gasteiger partial charge in [-0.3, -0.25) is 0 Å². The summed E-state index contributed by atoms with van der Waals surface area (Å²) in [6.45, 7) is 4.34. The summed E-state index contributed by atoms with van der Waals surface area (Å²) in [5.41, 5.74) is 7.33. The van der Waals surface area contributed by atoms with E-state index in [9.17, 15) is 0 Å². The van der Waals surface area contributed by atoms with E-state index in [2.05, 4.69) is 26.0 Å². The van der Waals surface area contributed by atoms with Gasteiger partial charge in [-0.15, -0.1) is 11.8 Å².